The molecule has 21 heavy (non-hydrogen) atoms. The van der Waals surface area contributed by atoms with E-state index < -0.39 is 0 Å². The summed E-state index contributed by atoms with van der Waals surface area (Å²) in [5.74, 6) is 0.524. The molecule has 0 aliphatic carbocycles. The van der Waals surface area contributed by atoms with E-state index in [-0.39, 0.29) is 5.82 Å². The van der Waals surface area contributed by atoms with Gasteiger partial charge in [0, 0.05) is 17.7 Å². The molecule has 0 unspecified atom stereocenters. The molecule has 0 heterocycles. The zero-order chi connectivity index (χ0) is 15.1. The van der Waals surface area contributed by atoms with E-state index in [0.29, 0.717) is 18.7 Å². The molecule has 2 nitrogen and oxygen atoms in total. The van der Waals surface area contributed by atoms with Gasteiger partial charge in [-0.25, -0.2) is 4.39 Å². The molecule has 0 fully saturated rings. The maximum Gasteiger partial charge on any atom is 0.131 e. The average Bonchev–Trinajstić information content (AvgIpc) is 2.51. The Bertz CT molecular complexity index is 583. The molecule has 0 aliphatic rings. The third-order valence-corrected chi connectivity index (χ3v) is 3.25. The standard InChI is InChI=1S/C18H22FNO/c1-3-11-21-18-8-6-5-7-16(18)15-10-9-14(12-17(15)19)13-20-4-2/h5-10,12,20H,3-4,11,13H2,1-2H3. The van der Waals surface area contributed by atoms with E-state index in [1.807, 2.05) is 43.3 Å². The summed E-state index contributed by atoms with van der Waals surface area (Å²) < 4.78 is 20.1. The lowest BCUT2D eigenvalue weighted by molar-refractivity contribution is 0.318. The minimum atomic E-state index is -0.210. The van der Waals surface area contributed by atoms with E-state index in [1.165, 1.54) is 0 Å². The number of rotatable bonds is 7. The van der Waals surface area contributed by atoms with Crippen LogP contribution in [0.2, 0.25) is 0 Å². The summed E-state index contributed by atoms with van der Waals surface area (Å²) in [5.41, 5.74) is 2.34. The lowest BCUT2D eigenvalue weighted by Gasteiger charge is -2.12. The molecule has 2 rings (SSSR count). The van der Waals surface area contributed by atoms with Gasteiger partial charge in [-0.05, 0) is 30.7 Å². The van der Waals surface area contributed by atoms with Gasteiger partial charge in [-0.3, -0.25) is 0 Å². The van der Waals surface area contributed by atoms with Crippen molar-refractivity contribution in [1.82, 2.24) is 5.32 Å². The molecule has 0 atom stereocenters. The zero-order valence-corrected chi connectivity index (χ0v) is 12.7. The molecule has 0 amide bonds. The SMILES string of the molecule is CCCOc1ccccc1-c1ccc(CNCC)cc1F. The average molecular weight is 287 g/mol. The third-order valence-electron chi connectivity index (χ3n) is 3.25. The van der Waals surface area contributed by atoms with Crippen LogP contribution >= 0.6 is 0 Å². The Balaban J connectivity index is 2.29. The van der Waals surface area contributed by atoms with E-state index in [1.54, 1.807) is 6.07 Å². The van der Waals surface area contributed by atoms with Crippen LogP contribution in [0.1, 0.15) is 25.8 Å². The van der Waals surface area contributed by atoms with Gasteiger partial charge < -0.3 is 10.1 Å². The van der Waals surface area contributed by atoms with E-state index in [2.05, 4.69) is 12.2 Å². The highest BCUT2D eigenvalue weighted by molar-refractivity contribution is 5.71. The molecule has 0 bridgehead atoms. The lowest BCUT2D eigenvalue weighted by Crippen LogP contribution is -2.11. The maximum absolute atomic E-state index is 14.4. The van der Waals surface area contributed by atoms with Crippen LogP contribution in [0.3, 0.4) is 0 Å². The molecule has 112 valence electrons. The Morgan fingerprint density at radius 3 is 2.57 bits per heavy atom. The first kappa shape index (κ1) is 15.5. The van der Waals surface area contributed by atoms with Crippen molar-refractivity contribution < 1.29 is 9.13 Å². The van der Waals surface area contributed by atoms with Crippen molar-refractivity contribution in [3.05, 3.63) is 53.8 Å². The van der Waals surface area contributed by atoms with Gasteiger partial charge >= 0.3 is 0 Å². The highest BCUT2D eigenvalue weighted by Crippen LogP contribution is 2.32. The van der Waals surface area contributed by atoms with Crippen molar-refractivity contribution in [3.8, 4) is 16.9 Å². The summed E-state index contributed by atoms with van der Waals surface area (Å²) >= 11 is 0. The molecular weight excluding hydrogens is 265 g/mol. The van der Waals surface area contributed by atoms with E-state index in [4.69, 9.17) is 4.74 Å². The number of para-hydroxylation sites is 1. The summed E-state index contributed by atoms with van der Waals surface area (Å²) in [6, 6.07) is 13.0. The quantitative estimate of drug-likeness (QED) is 0.815. The van der Waals surface area contributed by atoms with Crippen LogP contribution in [0.4, 0.5) is 4.39 Å². The van der Waals surface area contributed by atoms with Crippen molar-refractivity contribution >= 4 is 0 Å². The molecule has 3 heteroatoms. The summed E-state index contributed by atoms with van der Waals surface area (Å²) in [7, 11) is 0. The fourth-order valence-corrected chi connectivity index (χ4v) is 2.18. The van der Waals surface area contributed by atoms with Gasteiger partial charge in [-0.2, -0.15) is 0 Å². The van der Waals surface area contributed by atoms with Crippen LogP contribution in [-0.2, 0) is 6.54 Å². The van der Waals surface area contributed by atoms with Crippen LogP contribution in [0, 0.1) is 5.82 Å². The number of benzene rings is 2. The van der Waals surface area contributed by atoms with E-state index in [9.17, 15) is 4.39 Å². The van der Waals surface area contributed by atoms with Crippen molar-refractivity contribution in [2.75, 3.05) is 13.2 Å². The first-order valence-corrected chi connectivity index (χ1v) is 7.47. The molecule has 1 N–H and O–H groups in total. The minimum absolute atomic E-state index is 0.210. The van der Waals surface area contributed by atoms with Crippen LogP contribution in [0.25, 0.3) is 11.1 Å². The predicted molar refractivity (Wildman–Crippen MR) is 85.0 cm³/mol. The highest BCUT2D eigenvalue weighted by atomic mass is 19.1. The number of nitrogens with one attached hydrogen (secondary N) is 1. The third kappa shape index (κ3) is 4.05. The molecule has 0 spiro atoms. The van der Waals surface area contributed by atoms with Gasteiger partial charge in [0.25, 0.3) is 0 Å². The molecule has 0 saturated heterocycles. The Morgan fingerprint density at radius 1 is 1.05 bits per heavy atom. The second kappa shape index (κ2) is 7.79. The second-order valence-corrected chi connectivity index (χ2v) is 4.94. The fourth-order valence-electron chi connectivity index (χ4n) is 2.18. The summed E-state index contributed by atoms with van der Waals surface area (Å²) in [4.78, 5) is 0. The maximum atomic E-state index is 14.4. The van der Waals surface area contributed by atoms with Crippen molar-refractivity contribution in [1.29, 1.82) is 0 Å². The van der Waals surface area contributed by atoms with Crippen molar-refractivity contribution in [3.63, 3.8) is 0 Å². The van der Waals surface area contributed by atoms with Gasteiger partial charge in [0.05, 0.1) is 6.61 Å². The Labute approximate surface area is 126 Å². The highest BCUT2D eigenvalue weighted by Gasteiger charge is 2.11. The Hall–Kier alpha value is -1.87. The topological polar surface area (TPSA) is 21.3 Å². The molecule has 2 aromatic rings. The van der Waals surface area contributed by atoms with Gasteiger partial charge in [-0.15, -0.1) is 0 Å². The first-order chi connectivity index (χ1) is 10.3. The van der Waals surface area contributed by atoms with Gasteiger partial charge in [0.1, 0.15) is 11.6 Å². The predicted octanol–water partition coefficient (Wildman–Crippen LogP) is 4.39. The number of halogens is 1. The van der Waals surface area contributed by atoms with E-state index in [0.717, 1.165) is 29.8 Å². The van der Waals surface area contributed by atoms with Crippen LogP contribution in [0.5, 0.6) is 5.75 Å². The van der Waals surface area contributed by atoms with Crippen LogP contribution < -0.4 is 10.1 Å². The van der Waals surface area contributed by atoms with Crippen molar-refractivity contribution in [2.45, 2.75) is 26.8 Å². The fraction of sp³-hybridized carbons (Fsp3) is 0.333. The minimum Gasteiger partial charge on any atom is -0.493 e. The first-order valence-electron chi connectivity index (χ1n) is 7.47. The number of hydrogen-bond acceptors (Lipinski definition) is 2. The number of hydrogen-bond donors (Lipinski definition) is 1. The molecule has 0 aliphatic heterocycles. The molecule has 0 aromatic heterocycles. The number of ether oxygens (including phenoxy) is 1. The van der Waals surface area contributed by atoms with Crippen LogP contribution in [0.15, 0.2) is 42.5 Å². The molecular formula is C18H22FNO. The smallest absolute Gasteiger partial charge is 0.131 e. The normalized spacial score (nSPS) is 10.6. The second-order valence-electron chi connectivity index (χ2n) is 4.94. The largest absolute Gasteiger partial charge is 0.493 e. The monoisotopic (exact) mass is 287 g/mol. The Kier molecular flexibility index (Phi) is 5.76. The van der Waals surface area contributed by atoms with Crippen LogP contribution in [-0.4, -0.2) is 13.2 Å². The summed E-state index contributed by atoms with van der Waals surface area (Å²) in [6.45, 7) is 6.28. The molecule has 2 aromatic carbocycles. The Morgan fingerprint density at radius 2 is 1.86 bits per heavy atom. The van der Waals surface area contributed by atoms with Gasteiger partial charge in [0.2, 0.25) is 0 Å². The summed E-state index contributed by atoms with van der Waals surface area (Å²) in [6.07, 6.45) is 0.929. The van der Waals surface area contributed by atoms with Crippen molar-refractivity contribution in [2.24, 2.45) is 0 Å². The van der Waals surface area contributed by atoms with E-state index >= 15 is 0 Å². The van der Waals surface area contributed by atoms with Gasteiger partial charge in [0.15, 0.2) is 0 Å². The molecule has 0 radical (unpaired) electrons. The summed E-state index contributed by atoms with van der Waals surface area (Å²) in [5, 5.41) is 3.20. The lowest BCUT2D eigenvalue weighted by atomic mass is 10.0. The van der Waals surface area contributed by atoms with Gasteiger partial charge in [-0.1, -0.05) is 44.2 Å². The zero-order valence-electron chi connectivity index (χ0n) is 12.7. The molecule has 0 saturated carbocycles.